The number of likely N-dealkylation sites (tertiary alicyclic amines) is 1. The number of piperidine rings is 1. The molecule has 0 aliphatic carbocycles. The SMILES string of the molecule is CC(C)(C)OC(=O)N1CCCC(Nc2ncnc3ccc(Br)cc23)C1. The van der Waals surface area contributed by atoms with Crippen LogP contribution in [0, 0.1) is 0 Å². The van der Waals surface area contributed by atoms with Gasteiger partial charge in [-0.3, -0.25) is 0 Å². The van der Waals surface area contributed by atoms with Crippen molar-refractivity contribution in [1.29, 1.82) is 0 Å². The number of fused-ring (bicyclic) bond motifs is 1. The number of ether oxygens (including phenoxy) is 1. The number of halogens is 1. The zero-order chi connectivity index (χ0) is 18.0. The minimum Gasteiger partial charge on any atom is -0.444 e. The Morgan fingerprint density at radius 1 is 1.36 bits per heavy atom. The van der Waals surface area contributed by atoms with E-state index < -0.39 is 5.60 Å². The number of hydrogen-bond acceptors (Lipinski definition) is 5. The number of anilines is 1. The summed E-state index contributed by atoms with van der Waals surface area (Å²) in [6, 6.07) is 6.06. The van der Waals surface area contributed by atoms with Crippen molar-refractivity contribution in [3.63, 3.8) is 0 Å². The Morgan fingerprint density at radius 3 is 2.92 bits per heavy atom. The van der Waals surface area contributed by atoms with Crippen molar-refractivity contribution < 1.29 is 9.53 Å². The largest absolute Gasteiger partial charge is 0.444 e. The normalized spacial score (nSPS) is 18.2. The molecule has 1 aliphatic rings. The second-order valence-corrected chi connectivity index (χ2v) is 8.21. The average molecular weight is 407 g/mol. The maximum atomic E-state index is 12.3. The molecule has 1 amide bonds. The number of carbonyl (C=O) groups excluding carboxylic acids is 1. The fourth-order valence-corrected chi connectivity index (χ4v) is 3.29. The van der Waals surface area contributed by atoms with E-state index in [2.05, 4.69) is 31.2 Å². The van der Waals surface area contributed by atoms with Gasteiger partial charge < -0.3 is 15.0 Å². The highest BCUT2D eigenvalue weighted by molar-refractivity contribution is 9.10. The van der Waals surface area contributed by atoms with Gasteiger partial charge in [0.25, 0.3) is 0 Å². The highest BCUT2D eigenvalue weighted by Crippen LogP contribution is 2.25. The van der Waals surface area contributed by atoms with Gasteiger partial charge in [0, 0.05) is 29.0 Å². The first-order valence-electron chi connectivity index (χ1n) is 8.46. The molecule has 6 nitrogen and oxygen atoms in total. The molecule has 2 heterocycles. The van der Waals surface area contributed by atoms with Crippen molar-refractivity contribution in [1.82, 2.24) is 14.9 Å². The minimum absolute atomic E-state index is 0.137. The highest BCUT2D eigenvalue weighted by atomic mass is 79.9. The molecule has 0 bridgehead atoms. The van der Waals surface area contributed by atoms with Crippen LogP contribution in [0.3, 0.4) is 0 Å². The molecule has 0 radical (unpaired) electrons. The lowest BCUT2D eigenvalue weighted by Gasteiger charge is -2.34. The van der Waals surface area contributed by atoms with E-state index in [9.17, 15) is 4.79 Å². The third kappa shape index (κ3) is 4.60. The molecule has 1 aliphatic heterocycles. The van der Waals surface area contributed by atoms with Gasteiger partial charge in [0.05, 0.1) is 5.52 Å². The van der Waals surface area contributed by atoms with Gasteiger partial charge in [0.2, 0.25) is 0 Å². The van der Waals surface area contributed by atoms with Gasteiger partial charge in [-0.15, -0.1) is 0 Å². The highest BCUT2D eigenvalue weighted by Gasteiger charge is 2.28. The molecule has 1 saturated heterocycles. The molecule has 25 heavy (non-hydrogen) atoms. The number of carbonyl (C=O) groups is 1. The summed E-state index contributed by atoms with van der Waals surface area (Å²) in [5.41, 5.74) is 0.410. The summed E-state index contributed by atoms with van der Waals surface area (Å²) in [4.78, 5) is 22.8. The average Bonchev–Trinajstić information content (AvgIpc) is 2.54. The molecule has 0 saturated carbocycles. The standard InChI is InChI=1S/C18H23BrN4O2/c1-18(2,3)25-17(24)23-8-4-5-13(10-23)22-16-14-9-12(19)6-7-15(14)20-11-21-16/h6-7,9,11,13H,4-5,8,10H2,1-3H3,(H,20,21,22). The molecular formula is C18H23BrN4O2. The Kier molecular flexibility index (Phi) is 5.13. The number of hydrogen-bond donors (Lipinski definition) is 1. The van der Waals surface area contributed by atoms with E-state index in [1.807, 2.05) is 39.0 Å². The zero-order valence-electron chi connectivity index (χ0n) is 14.8. The van der Waals surface area contributed by atoms with Gasteiger partial charge in [-0.05, 0) is 51.8 Å². The predicted octanol–water partition coefficient (Wildman–Crippen LogP) is 4.20. The Bertz CT molecular complexity index is 775. The molecule has 3 rings (SSSR count). The zero-order valence-corrected chi connectivity index (χ0v) is 16.3. The molecule has 1 N–H and O–H groups in total. The molecule has 1 aromatic heterocycles. The van der Waals surface area contributed by atoms with Gasteiger partial charge in [-0.1, -0.05) is 15.9 Å². The van der Waals surface area contributed by atoms with Crippen LogP contribution in [0.5, 0.6) is 0 Å². The van der Waals surface area contributed by atoms with E-state index in [4.69, 9.17) is 4.74 Å². The second kappa shape index (κ2) is 7.15. The van der Waals surface area contributed by atoms with Crippen LogP contribution >= 0.6 is 15.9 Å². The monoisotopic (exact) mass is 406 g/mol. The Labute approximate surface area is 156 Å². The maximum Gasteiger partial charge on any atom is 0.410 e. The molecule has 1 fully saturated rings. The summed E-state index contributed by atoms with van der Waals surface area (Å²) in [6.07, 6.45) is 3.23. The third-order valence-electron chi connectivity index (χ3n) is 4.01. The molecule has 0 spiro atoms. The van der Waals surface area contributed by atoms with E-state index in [1.54, 1.807) is 11.2 Å². The van der Waals surface area contributed by atoms with Crippen LogP contribution in [0.4, 0.5) is 10.6 Å². The number of aromatic nitrogens is 2. The number of nitrogens with one attached hydrogen (secondary N) is 1. The van der Waals surface area contributed by atoms with Crippen molar-refractivity contribution in [2.24, 2.45) is 0 Å². The molecule has 1 atom stereocenters. The predicted molar refractivity (Wildman–Crippen MR) is 102 cm³/mol. The summed E-state index contributed by atoms with van der Waals surface area (Å²) in [6.45, 7) is 6.98. The van der Waals surface area contributed by atoms with Crippen LogP contribution in [-0.2, 0) is 4.74 Å². The van der Waals surface area contributed by atoms with E-state index >= 15 is 0 Å². The third-order valence-corrected chi connectivity index (χ3v) is 4.50. The summed E-state index contributed by atoms with van der Waals surface area (Å²) in [7, 11) is 0. The van der Waals surface area contributed by atoms with Crippen molar-refractivity contribution in [2.45, 2.75) is 45.3 Å². The second-order valence-electron chi connectivity index (χ2n) is 7.29. The van der Waals surface area contributed by atoms with Crippen LogP contribution in [0.25, 0.3) is 10.9 Å². The molecule has 7 heteroatoms. The van der Waals surface area contributed by atoms with Gasteiger partial charge in [-0.2, -0.15) is 0 Å². The molecule has 134 valence electrons. The summed E-state index contributed by atoms with van der Waals surface area (Å²) in [5.74, 6) is 0.794. The number of nitrogens with zero attached hydrogens (tertiary/aromatic N) is 3. The van der Waals surface area contributed by atoms with Crippen molar-refractivity contribution in [3.05, 3.63) is 29.0 Å². The van der Waals surface area contributed by atoms with Gasteiger partial charge >= 0.3 is 6.09 Å². The van der Waals surface area contributed by atoms with Gasteiger partial charge in [-0.25, -0.2) is 14.8 Å². The summed E-state index contributed by atoms with van der Waals surface area (Å²) in [5, 5.41) is 4.44. The minimum atomic E-state index is -0.480. The lowest BCUT2D eigenvalue weighted by Crippen LogP contribution is -2.47. The first kappa shape index (κ1) is 17.9. The van der Waals surface area contributed by atoms with Gasteiger partial charge in [0.15, 0.2) is 0 Å². The number of benzene rings is 1. The van der Waals surface area contributed by atoms with E-state index in [1.165, 1.54) is 0 Å². The summed E-state index contributed by atoms with van der Waals surface area (Å²) >= 11 is 3.50. The number of amides is 1. The summed E-state index contributed by atoms with van der Waals surface area (Å²) < 4.78 is 6.47. The van der Waals surface area contributed by atoms with Crippen LogP contribution < -0.4 is 5.32 Å². The lowest BCUT2D eigenvalue weighted by molar-refractivity contribution is 0.0206. The van der Waals surface area contributed by atoms with Gasteiger partial charge in [0.1, 0.15) is 17.7 Å². The maximum absolute atomic E-state index is 12.3. The van der Waals surface area contributed by atoms with E-state index in [0.717, 1.165) is 40.6 Å². The van der Waals surface area contributed by atoms with E-state index in [0.29, 0.717) is 6.54 Å². The fourth-order valence-electron chi connectivity index (χ4n) is 2.92. The van der Waals surface area contributed by atoms with Crippen molar-refractivity contribution in [2.75, 3.05) is 18.4 Å². The topological polar surface area (TPSA) is 67.3 Å². The van der Waals surface area contributed by atoms with Crippen LogP contribution in [-0.4, -0.2) is 45.7 Å². The van der Waals surface area contributed by atoms with Crippen LogP contribution in [0.15, 0.2) is 29.0 Å². The Morgan fingerprint density at radius 2 is 2.16 bits per heavy atom. The first-order valence-corrected chi connectivity index (χ1v) is 9.26. The molecule has 1 aromatic carbocycles. The smallest absolute Gasteiger partial charge is 0.410 e. The molecule has 2 aromatic rings. The number of rotatable bonds is 2. The molecular weight excluding hydrogens is 384 g/mol. The molecule has 1 unspecified atom stereocenters. The quantitative estimate of drug-likeness (QED) is 0.808. The lowest BCUT2D eigenvalue weighted by atomic mass is 10.1. The van der Waals surface area contributed by atoms with E-state index in [-0.39, 0.29) is 12.1 Å². The van der Waals surface area contributed by atoms with Crippen molar-refractivity contribution >= 4 is 38.7 Å². The van der Waals surface area contributed by atoms with Crippen LogP contribution in [0.2, 0.25) is 0 Å². The Hall–Kier alpha value is -1.89. The first-order chi connectivity index (χ1) is 11.8. The van der Waals surface area contributed by atoms with Crippen LogP contribution in [0.1, 0.15) is 33.6 Å². The Balaban J connectivity index is 1.73. The van der Waals surface area contributed by atoms with Crippen molar-refractivity contribution in [3.8, 4) is 0 Å². The fraction of sp³-hybridized carbons (Fsp3) is 0.500.